The van der Waals surface area contributed by atoms with Crippen LogP contribution in [0.5, 0.6) is 0 Å². The van der Waals surface area contributed by atoms with E-state index in [9.17, 15) is 12.8 Å². The summed E-state index contributed by atoms with van der Waals surface area (Å²) < 4.78 is 38.4. The van der Waals surface area contributed by atoms with Crippen molar-refractivity contribution in [2.75, 3.05) is 17.6 Å². The highest BCUT2D eigenvalue weighted by molar-refractivity contribution is 14.1. The Morgan fingerprint density at radius 3 is 2.29 bits per heavy atom. The van der Waals surface area contributed by atoms with Crippen LogP contribution in [0, 0.1) is 9.39 Å². The van der Waals surface area contributed by atoms with Crippen molar-refractivity contribution in [1.29, 1.82) is 0 Å². The molecule has 0 aromatic heterocycles. The van der Waals surface area contributed by atoms with E-state index in [1.807, 2.05) is 36.4 Å². The van der Waals surface area contributed by atoms with Crippen molar-refractivity contribution < 1.29 is 12.8 Å². The molecule has 0 unspecified atom stereocenters. The van der Waals surface area contributed by atoms with E-state index in [0.717, 1.165) is 6.26 Å². The normalized spacial score (nSPS) is 11.9. The molecule has 0 spiro atoms. The van der Waals surface area contributed by atoms with Crippen LogP contribution < -0.4 is 4.31 Å². The molecule has 0 aliphatic carbocycles. The molecule has 6 heteroatoms. The monoisotopic (exact) mass is 371 g/mol. The Balaban J connectivity index is 3.40. The first-order chi connectivity index (χ1) is 7.64. The van der Waals surface area contributed by atoms with Crippen LogP contribution in [0.25, 0.3) is 0 Å². The molecule has 0 amide bonds. The summed E-state index contributed by atoms with van der Waals surface area (Å²) in [5.41, 5.74) is 1.04. The molecule has 0 fully saturated rings. The maximum Gasteiger partial charge on any atom is 0.232 e. The molecule has 0 heterocycles. The van der Waals surface area contributed by atoms with Gasteiger partial charge >= 0.3 is 0 Å². The molecular formula is C11H15FINO2S. The van der Waals surface area contributed by atoms with Crippen molar-refractivity contribution in [3.05, 3.63) is 27.1 Å². The van der Waals surface area contributed by atoms with Gasteiger partial charge in [0.15, 0.2) is 0 Å². The maximum absolute atomic E-state index is 13.7. The average Bonchev–Trinajstić information content (AvgIpc) is 2.14. The van der Waals surface area contributed by atoms with Gasteiger partial charge in [-0.05, 0) is 46.2 Å². The quantitative estimate of drug-likeness (QED) is 0.767. The molecule has 1 aromatic rings. The van der Waals surface area contributed by atoms with E-state index < -0.39 is 10.0 Å². The van der Waals surface area contributed by atoms with Crippen molar-refractivity contribution in [2.45, 2.75) is 19.8 Å². The largest absolute Gasteiger partial charge is 0.272 e. The highest BCUT2D eigenvalue weighted by atomic mass is 127. The van der Waals surface area contributed by atoms with Crippen LogP contribution in [-0.4, -0.2) is 21.7 Å². The predicted octanol–water partition coefficient (Wildman–Crippen LogP) is 2.95. The Bertz CT molecular complexity index is 529. The molecule has 0 atom stereocenters. The van der Waals surface area contributed by atoms with E-state index in [-0.39, 0.29) is 11.7 Å². The molecule has 3 nitrogen and oxygen atoms in total. The van der Waals surface area contributed by atoms with E-state index >= 15 is 0 Å². The Kier molecular flexibility index (Phi) is 4.40. The molecular weight excluding hydrogens is 356 g/mol. The van der Waals surface area contributed by atoms with Crippen molar-refractivity contribution in [1.82, 2.24) is 0 Å². The molecule has 1 aromatic carbocycles. The third-order valence-electron chi connectivity index (χ3n) is 2.52. The zero-order chi connectivity index (χ0) is 13.4. The summed E-state index contributed by atoms with van der Waals surface area (Å²) in [5.74, 6) is -0.284. The van der Waals surface area contributed by atoms with E-state index in [0.29, 0.717) is 14.8 Å². The number of hydrogen-bond donors (Lipinski definition) is 0. The van der Waals surface area contributed by atoms with Gasteiger partial charge in [0.1, 0.15) is 5.82 Å². The number of rotatable bonds is 3. The third-order valence-corrected chi connectivity index (χ3v) is 4.58. The van der Waals surface area contributed by atoms with E-state index in [2.05, 4.69) is 0 Å². The van der Waals surface area contributed by atoms with Crippen LogP contribution in [0.15, 0.2) is 12.1 Å². The zero-order valence-corrected chi connectivity index (χ0v) is 13.1. The fourth-order valence-electron chi connectivity index (χ4n) is 1.42. The number of hydrogen-bond acceptors (Lipinski definition) is 2. The van der Waals surface area contributed by atoms with Crippen LogP contribution >= 0.6 is 22.6 Å². The minimum Gasteiger partial charge on any atom is -0.272 e. The molecule has 0 aliphatic heterocycles. The van der Waals surface area contributed by atoms with Gasteiger partial charge in [-0.3, -0.25) is 4.31 Å². The highest BCUT2D eigenvalue weighted by Gasteiger charge is 2.18. The van der Waals surface area contributed by atoms with Gasteiger partial charge in [0.2, 0.25) is 10.0 Å². The summed E-state index contributed by atoms with van der Waals surface area (Å²) in [5, 5.41) is 0. The molecule has 0 bridgehead atoms. The second-order valence-corrected chi connectivity index (χ2v) is 7.39. The highest BCUT2D eigenvalue weighted by Crippen LogP contribution is 2.30. The predicted molar refractivity (Wildman–Crippen MR) is 76.5 cm³/mol. The van der Waals surface area contributed by atoms with Gasteiger partial charge < -0.3 is 0 Å². The number of benzene rings is 1. The second kappa shape index (κ2) is 5.09. The number of sulfonamides is 1. The van der Waals surface area contributed by atoms with Crippen LogP contribution in [0.1, 0.15) is 25.3 Å². The standard InChI is InChI=1S/C11H15FINO2S/c1-7(2)8-5-11(10(13)6-9(8)12)14(3)17(4,15)16/h5-7H,1-4H3. The van der Waals surface area contributed by atoms with Crippen molar-refractivity contribution in [2.24, 2.45) is 0 Å². The third kappa shape index (κ3) is 3.31. The minimum atomic E-state index is -3.33. The fourth-order valence-corrected chi connectivity index (χ4v) is 2.88. The minimum absolute atomic E-state index is 0.0127. The van der Waals surface area contributed by atoms with Gasteiger partial charge in [-0.15, -0.1) is 0 Å². The first-order valence-corrected chi connectivity index (χ1v) is 8.00. The van der Waals surface area contributed by atoms with Gasteiger partial charge in [0, 0.05) is 10.6 Å². The molecule has 17 heavy (non-hydrogen) atoms. The zero-order valence-electron chi connectivity index (χ0n) is 10.2. The summed E-state index contributed by atoms with van der Waals surface area (Å²) in [6.07, 6.45) is 1.13. The summed E-state index contributed by atoms with van der Waals surface area (Å²) >= 11 is 1.94. The van der Waals surface area contributed by atoms with Crippen LogP contribution in [-0.2, 0) is 10.0 Å². The molecule has 1 rings (SSSR count). The Hall–Kier alpha value is -0.370. The maximum atomic E-state index is 13.7. The topological polar surface area (TPSA) is 37.4 Å². The Labute approximate surface area is 115 Å². The lowest BCUT2D eigenvalue weighted by atomic mass is 10.0. The average molecular weight is 371 g/mol. The molecule has 0 saturated heterocycles. The Morgan fingerprint density at radius 2 is 1.88 bits per heavy atom. The first kappa shape index (κ1) is 14.7. The lowest BCUT2D eigenvalue weighted by Gasteiger charge is -2.20. The van der Waals surface area contributed by atoms with Crippen LogP contribution in [0.2, 0.25) is 0 Å². The fraction of sp³-hybridized carbons (Fsp3) is 0.455. The van der Waals surface area contributed by atoms with Gasteiger partial charge in [-0.25, -0.2) is 12.8 Å². The molecule has 0 N–H and O–H groups in total. The first-order valence-electron chi connectivity index (χ1n) is 5.07. The van der Waals surface area contributed by atoms with E-state index in [4.69, 9.17) is 0 Å². The molecule has 96 valence electrons. The van der Waals surface area contributed by atoms with Crippen molar-refractivity contribution in [3.8, 4) is 0 Å². The van der Waals surface area contributed by atoms with Crippen LogP contribution in [0.3, 0.4) is 0 Å². The van der Waals surface area contributed by atoms with E-state index in [1.54, 1.807) is 6.07 Å². The molecule has 0 radical (unpaired) electrons. The van der Waals surface area contributed by atoms with Crippen molar-refractivity contribution in [3.63, 3.8) is 0 Å². The lowest BCUT2D eigenvalue weighted by molar-refractivity contribution is 0.594. The summed E-state index contributed by atoms with van der Waals surface area (Å²) in [7, 11) is -1.86. The summed E-state index contributed by atoms with van der Waals surface area (Å²) in [6, 6.07) is 2.97. The molecule has 0 aliphatic rings. The van der Waals surface area contributed by atoms with Crippen LogP contribution in [0.4, 0.5) is 10.1 Å². The number of halogens is 2. The summed E-state index contributed by atoms with van der Waals surface area (Å²) in [4.78, 5) is 0. The lowest BCUT2D eigenvalue weighted by Crippen LogP contribution is -2.26. The van der Waals surface area contributed by atoms with E-state index in [1.165, 1.54) is 17.4 Å². The Morgan fingerprint density at radius 1 is 1.35 bits per heavy atom. The SMILES string of the molecule is CC(C)c1cc(N(C)S(C)(=O)=O)c(I)cc1F. The van der Waals surface area contributed by atoms with Gasteiger partial charge in [0.05, 0.1) is 11.9 Å². The summed E-state index contributed by atoms with van der Waals surface area (Å²) in [6.45, 7) is 3.74. The van der Waals surface area contributed by atoms with Gasteiger partial charge in [-0.2, -0.15) is 0 Å². The second-order valence-electron chi connectivity index (χ2n) is 4.21. The van der Waals surface area contributed by atoms with Crippen molar-refractivity contribution >= 4 is 38.3 Å². The van der Waals surface area contributed by atoms with Gasteiger partial charge in [0.25, 0.3) is 0 Å². The van der Waals surface area contributed by atoms with Gasteiger partial charge in [-0.1, -0.05) is 13.8 Å². The smallest absolute Gasteiger partial charge is 0.232 e. The number of nitrogens with zero attached hydrogens (tertiary/aromatic N) is 1. The molecule has 0 saturated carbocycles. The number of anilines is 1.